The highest BCUT2D eigenvalue weighted by molar-refractivity contribution is 7.91. The molecule has 2 rings (SSSR count). The third-order valence-electron chi connectivity index (χ3n) is 3.36. The van der Waals surface area contributed by atoms with Crippen LogP contribution >= 0.6 is 0 Å². The zero-order valence-corrected chi connectivity index (χ0v) is 9.92. The van der Waals surface area contributed by atoms with E-state index in [1.54, 1.807) is 0 Å². The number of carbonyl (C=O) groups is 1. The van der Waals surface area contributed by atoms with E-state index in [4.69, 9.17) is 5.11 Å². The molecular weight excluding hydrogens is 230 g/mol. The number of aliphatic hydroxyl groups is 1. The summed E-state index contributed by atoms with van der Waals surface area (Å²) < 4.78 is 22.4. The fraction of sp³-hybridized carbons (Fsp3) is 0.900. The van der Waals surface area contributed by atoms with E-state index < -0.39 is 15.4 Å². The zero-order valence-electron chi connectivity index (χ0n) is 9.11. The Kier molecular flexibility index (Phi) is 2.96. The Morgan fingerprint density at radius 3 is 2.56 bits per heavy atom. The molecule has 0 aromatic carbocycles. The largest absolute Gasteiger partial charge is 0.394 e. The first-order valence-electron chi connectivity index (χ1n) is 5.57. The highest BCUT2D eigenvalue weighted by Crippen LogP contribution is 2.35. The number of carbonyl (C=O) groups excluding carboxylic acids is 1. The Morgan fingerprint density at radius 1 is 1.44 bits per heavy atom. The third-order valence-corrected chi connectivity index (χ3v) is 5.20. The standard InChI is InChI=1S/C10H17NO4S/c12-7-10(2-3-10)11-9(13)5-8-1-4-16(14,15)6-8/h8,12H,1-7H2,(H,11,13). The minimum absolute atomic E-state index is 0.0261. The second kappa shape index (κ2) is 4.00. The van der Waals surface area contributed by atoms with Gasteiger partial charge in [0, 0.05) is 6.42 Å². The van der Waals surface area contributed by atoms with Crippen molar-refractivity contribution < 1.29 is 18.3 Å². The topological polar surface area (TPSA) is 83.5 Å². The van der Waals surface area contributed by atoms with Crippen molar-refractivity contribution in [1.29, 1.82) is 0 Å². The van der Waals surface area contributed by atoms with E-state index >= 15 is 0 Å². The van der Waals surface area contributed by atoms with Crippen molar-refractivity contribution in [3.63, 3.8) is 0 Å². The Morgan fingerprint density at radius 2 is 2.12 bits per heavy atom. The van der Waals surface area contributed by atoms with Gasteiger partial charge in [-0.2, -0.15) is 0 Å². The number of nitrogens with one attached hydrogen (secondary N) is 1. The Labute approximate surface area is 95.1 Å². The van der Waals surface area contributed by atoms with Crippen LogP contribution in [-0.2, 0) is 14.6 Å². The van der Waals surface area contributed by atoms with Crippen molar-refractivity contribution in [3.8, 4) is 0 Å². The molecule has 1 heterocycles. The van der Waals surface area contributed by atoms with Gasteiger partial charge in [-0.25, -0.2) is 8.42 Å². The average Bonchev–Trinajstić information content (AvgIpc) is 2.87. The third kappa shape index (κ3) is 2.74. The molecule has 1 aliphatic carbocycles. The molecule has 2 aliphatic rings. The van der Waals surface area contributed by atoms with Crippen LogP contribution in [0.3, 0.4) is 0 Å². The number of amides is 1. The first kappa shape index (κ1) is 11.9. The fourth-order valence-corrected chi connectivity index (χ4v) is 3.98. The van der Waals surface area contributed by atoms with Gasteiger partial charge in [0.25, 0.3) is 0 Å². The highest BCUT2D eigenvalue weighted by atomic mass is 32.2. The van der Waals surface area contributed by atoms with Crippen molar-refractivity contribution in [2.24, 2.45) is 5.92 Å². The van der Waals surface area contributed by atoms with Crippen LogP contribution in [-0.4, -0.2) is 43.1 Å². The maximum atomic E-state index is 11.6. The Balaban J connectivity index is 1.80. The van der Waals surface area contributed by atoms with Gasteiger partial charge in [0.05, 0.1) is 23.7 Å². The van der Waals surface area contributed by atoms with E-state index in [-0.39, 0.29) is 36.4 Å². The summed E-state index contributed by atoms with van der Waals surface area (Å²) in [5.41, 5.74) is -0.394. The van der Waals surface area contributed by atoms with Gasteiger partial charge in [0.1, 0.15) is 0 Å². The SMILES string of the molecule is O=C(CC1CCS(=O)(=O)C1)NC1(CO)CC1. The predicted molar refractivity (Wildman–Crippen MR) is 58.6 cm³/mol. The van der Waals surface area contributed by atoms with E-state index in [0.29, 0.717) is 6.42 Å². The fourth-order valence-electron chi connectivity index (χ4n) is 2.12. The van der Waals surface area contributed by atoms with Crippen LogP contribution in [0.5, 0.6) is 0 Å². The number of aliphatic hydroxyl groups excluding tert-OH is 1. The molecule has 0 aromatic heterocycles. The lowest BCUT2D eigenvalue weighted by atomic mass is 10.0. The summed E-state index contributed by atoms with van der Waals surface area (Å²) in [5.74, 6) is 0.163. The highest BCUT2D eigenvalue weighted by Gasteiger charge is 2.43. The van der Waals surface area contributed by atoms with Crippen LogP contribution in [0.2, 0.25) is 0 Å². The molecule has 0 aromatic rings. The number of hydrogen-bond acceptors (Lipinski definition) is 4. The molecule has 1 saturated heterocycles. The van der Waals surface area contributed by atoms with Gasteiger partial charge >= 0.3 is 0 Å². The molecule has 1 aliphatic heterocycles. The summed E-state index contributed by atoms with van der Waals surface area (Å²) in [6.45, 7) is -0.0261. The normalized spacial score (nSPS) is 29.9. The summed E-state index contributed by atoms with van der Waals surface area (Å²) in [5, 5.41) is 11.8. The second-order valence-corrected chi connectivity index (χ2v) is 7.19. The maximum Gasteiger partial charge on any atom is 0.220 e. The van der Waals surface area contributed by atoms with Crippen molar-refractivity contribution in [3.05, 3.63) is 0 Å². The molecule has 1 saturated carbocycles. The van der Waals surface area contributed by atoms with Crippen LogP contribution in [0, 0.1) is 5.92 Å². The number of hydrogen-bond donors (Lipinski definition) is 2. The monoisotopic (exact) mass is 247 g/mol. The molecule has 0 bridgehead atoms. The first-order valence-corrected chi connectivity index (χ1v) is 7.39. The second-order valence-electron chi connectivity index (χ2n) is 4.96. The van der Waals surface area contributed by atoms with Crippen molar-refractivity contribution >= 4 is 15.7 Å². The maximum absolute atomic E-state index is 11.6. The zero-order chi connectivity index (χ0) is 11.8. The smallest absolute Gasteiger partial charge is 0.220 e. The lowest BCUT2D eigenvalue weighted by Crippen LogP contribution is -2.40. The molecule has 0 spiro atoms. The molecule has 5 nitrogen and oxygen atoms in total. The molecule has 1 atom stereocenters. The first-order chi connectivity index (χ1) is 7.45. The van der Waals surface area contributed by atoms with Gasteiger partial charge in [0.15, 0.2) is 9.84 Å². The minimum atomic E-state index is -2.90. The molecule has 1 amide bonds. The van der Waals surface area contributed by atoms with Crippen LogP contribution in [0.25, 0.3) is 0 Å². The predicted octanol–water partition coefficient (Wildman–Crippen LogP) is -0.548. The van der Waals surface area contributed by atoms with E-state index in [0.717, 1.165) is 12.8 Å². The summed E-state index contributed by atoms with van der Waals surface area (Å²) in [7, 11) is -2.90. The number of rotatable bonds is 4. The van der Waals surface area contributed by atoms with Gasteiger partial charge in [-0.3, -0.25) is 4.79 Å². The van der Waals surface area contributed by atoms with Gasteiger partial charge in [-0.05, 0) is 25.2 Å². The van der Waals surface area contributed by atoms with E-state index in [2.05, 4.69) is 5.32 Å². The van der Waals surface area contributed by atoms with Crippen molar-refractivity contribution in [2.75, 3.05) is 18.1 Å². The van der Waals surface area contributed by atoms with Gasteiger partial charge in [0.2, 0.25) is 5.91 Å². The van der Waals surface area contributed by atoms with Gasteiger partial charge in [-0.1, -0.05) is 0 Å². The molecular formula is C10H17NO4S. The van der Waals surface area contributed by atoms with Crippen LogP contribution in [0.15, 0.2) is 0 Å². The average molecular weight is 247 g/mol. The van der Waals surface area contributed by atoms with Gasteiger partial charge in [-0.15, -0.1) is 0 Å². The molecule has 92 valence electrons. The van der Waals surface area contributed by atoms with E-state index in [9.17, 15) is 13.2 Å². The van der Waals surface area contributed by atoms with Crippen molar-refractivity contribution in [1.82, 2.24) is 5.32 Å². The molecule has 0 radical (unpaired) electrons. The molecule has 2 N–H and O–H groups in total. The van der Waals surface area contributed by atoms with Crippen LogP contribution in [0.1, 0.15) is 25.7 Å². The van der Waals surface area contributed by atoms with Gasteiger partial charge < -0.3 is 10.4 Å². The Bertz CT molecular complexity index is 386. The quantitative estimate of drug-likeness (QED) is 0.698. The lowest BCUT2D eigenvalue weighted by molar-refractivity contribution is -0.123. The number of sulfone groups is 1. The molecule has 2 fully saturated rings. The van der Waals surface area contributed by atoms with E-state index in [1.165, 1.54) is 0 Å². The lowest BCUT2D eigenvalue weighted by Gasteiger charge is -2.15. The molecule has 1 unspecified atom stereocenters. The molecule has 6 heteroatoms. The summed E-state index contributed by atoms with van der Waals surface area (Å²) in [4.78, 5) is 11.6. The Hall–Kier alpha value is -0.620. The molecule has 16 heavy (non-hydrogen) atoms. The van der Waals surface area contributed by atoms with Crippen LogP contribution < -0.4 is 5.32 Å². The minimum Gasteiger partial charge on any atom is -0.394 e. The van der Waals surface area contributed by atoms with Crippen molar-refractivity contribution in [2.45, 2.75) is 31.2 Å². The van der Waals surface area contributed by atoms with Crippen LogP contribution in [0.4, 0.5) is 0 Å². The summed E-state index contributed by atoms with van der Waals surface area (Å²) in [6.07, 6.45) is 2.49. The summed E-state index contributed by atoms with van der Waals surface area (Å²) >= 11 is 0. The van der Waals surface area contributed by atoms with E-state index in [1.807, 2.05) is 0 Å². The summed E-state index contributed by atoms with van der Waals surface area (Å²) in [6, 6.07) is 0.